The summed E-state index contributed by atoms with van der Waals surface area (Å²) < 4.78 is 78.4. The van der Waals surface area contributed by atoms with E-state index in [1.807, 2.05) is 0 Å². The van der Waals surface area contributed by atoms with Gasteiger partial charge in [0.05, 0.1) is 15.4 Å². The lowest BCUT2D eigenvalue weighted by Crippen LogP contribution is -2.24. The van der Waals surface area contributed by atoms with Crippen LogP contribution in [0.4, 0.5) is 14.5 Å². The van der Waals surface area contributed by atoms with E-state index in [0.29, 0.717) is 5.56 Å². The van der Waals surface area contributed by atoms with Gasteiger partial charge >= 0.3 is 11.7 Å². The predicted molar refractivity (Wildman–Crippen MR) is 111 cm³/mol. The average molecular weight is 491 g/mol. The molecule has 1 amide bonds. The number of amides is 1. The molecule has 0 spiro atoms. The van der Waals surface area contributed by atoms with Crippen molar-refractivity contribution in [3.8, 4) is 0 Å². The molecule has 2 aromatic carbocycles. The molecule has 0 radical (unpaired) electrons. The van der Waals surface area contributed by atoms with Gasteiger partial charge in [0.1, 0.15) is 0 Å². The Kier molecular flexibility index (Phi) is 7.70. The van der Waals surface area contributed by atoms with Crippen molar-refractivity contribution in [2.45, 2.75) is 22.5 Å². The minimum atomic E-state index is -4.80. The highest BCUT2D eigenvalue weighted by Gasteiger charge is 2.26. The third-order valence-corrected chi connectivity index (χ3v) is 7.57. The number of carbonyl (C=O) groups is 2. The molecule has 174 valence electrons. The second-order valence-electron chi connectivity index (χ2n) is 6.72. The highest BCUT2D eigenvalue weighted by atomic mass is 32.2. The lowest BCUT2D eigenvalue weighted by atomic mass is 10.2. The maximum Gasteiger partial charge on any atom is 0.341 e. The van der Waals surface area contributed by atoms with Crippen LogP contribution in [0.15, 0.2) is 52.3 Å². The Labute approximate surface area is 184 Å². The van der Waals surface area contributed by atoms with E-state index in [1.165, 1.54) is 32.3 Å². The van der Waals surface area contributed by atoms with Gasteiger partial charge < -0.3 is 10.1 Å². The number of halogens is 2. The van der Waals surface area contributed by atoms with E-state index in [0.717, 1.165) is 28.6 Å². The Balaban J connectivity index is 2.04. The predicted octanol–water partition coefficient (Wildman–Crippen LogP) is 2.04. The molecule has 32 heavy (non-hydrogen) atoms. The number of nitrogens with zero attached hydrogens (tertiary/aromatic N) is 1. The van der Waals surface area contributed by atoms with Gasteiger partial charge in [0.25, 0.3) is 5.91 Å². The Morgan fingerprint density at radius 1 is 1.03 bits per heavy atom. The molecule has 1 N–H and O–H groups in total. The summed E-state index contributed by atoms with van der Waals surface area (Å²) in [5, 5.41) is 2.41. The number of carbonyl (C=O) groups excluding carboxylic acids is 2. The minimum absolute atomic E-state index is 0.00358. The van der Waals surface area contributed by atoms with Crippen molar-refractivity contribution in [3.05, 3.63) is 53.6 Å². The number of benzene rings is 2. The van der Waals surface area contributed by atoms with E-state index < -0.39 is 49.0 Å². The molecule has 0 heterocycles. The second kappa shape index (κ2) is 9.71. The van der Waals surface area contributed by atoms with E-state index in [4.69, 9.17) is 4.74 Å². The largest absolute Gasteiger partial charge is 0.452 e. The lowest BCUT2D eigenvalue weighted by Gasteiger charge is -2.15. The number of aryl methyl sites for hydroxylation is 1. The first-order valence-electron chi connectivity index (χ1n) is 8.89. The van der Waals surface area contributed by atoms with Crippen molar-refractivity contribution in [2.75, 3.05) is 26.0 Å². The summed E-state index contributed by atoms with van der Waals surface area (Å²) in [7, 11) is -5.80. The first-order valence-corrected chi connectivity index (χ1v) is 11.9. The molecule has 0 aliphatic carbocycles. The normalized spacial score (nSPS) is 12.1. The third kappa shape index (κ3) is 5.66. The van der Waals surface area contributed by atoms with Crippen LogP contribution in [0.25, 0.3) is 0 Å². The number of esters is 1. The highest BCUT2D eigenvalue weighted by Crippen LogP contribution is 2.22. The van der Waals surface area contributed by atoms with Crippen molar-refractivity contribution in [3.63, 3.8) is 0 Å². The summed E-state index contributed by atoms with van der Waals surface area (Å²) >= 11 is 0. The summed E-state index contributed by atoms with van der Waals surface area (Å²) in [4.78, 5) is 23.4. The van der Waals surface area contributed by atoms with Gasteiger partial charge in [0.15, 0.2) is 6.61 Å². The number of sulfonamides is 1. The van der Waals surface area contributed by atoms with Gasteiger partial charge in [-0.1, -0.05) is 6.07 Å². The number of alkyl halides is 2. The molecule has 13 heteroatoms. The molecule has 0 saturated heterocycles. The van der Waals surface area contributed by atoms with Gasteiger partial charge in [-0.05, 0) is 48.9 Å². The van der Waals surface area contributed by atoms with Gasteiger partial charge in [0, 0.05) is 19.8 Å². The van der Waals surface area contributed by atoms with Gasteiger partial charge in [-0.25, -0.2) is 25.9 Å². The molecule has 9 nitrogen and oxygen atoms in total. The number of sulfone groups is 1. The van der Waals surface area contributed by atoms with E-state index >= 15 is 0 Å². The summed E-state index contributed by atoms with van der Waals surface area (Å²) in [5.74, 6) is -5.34. The Hall–Kier alpha value is -2.90. The van der Waals surface area contributed by atoms with Crippen LogP contribution < -0.4 is 5.32 Å². The molecule has 0 fully saturated rings. The second-order valence-corrected chi connectivity index (χ2v) is 10.8. The summed E-state index contributed by atoms with van der Waals surface area (Å²) in [6, 6.07) is 7.88. The lowest BCUT2D eigenvalue weighted by molar-refractivity contribution is -0.119. The van der Waals surface area contributed by atoms with E-state index in [-0.39, 0.29) is 16.1 Å². The standard InChI is InChI=1S/C19H20F2N2O7S2/c1-12-4-7-14(10-16(12)32(28,29)23(2)3)22-17(24)11-30-18(25)13-5-8-15(9-6-13)31(26,27)19(20)21/h4-10,19H,11H2,1-3H3,(H,22,24). The van der Waals surface area contributed by atoms with Crippen molar-refractivity contribution in [1.82, 2.24) is 4.31 Å². The van der Waals surface area contributed by atoms with Crippen LogP contribution in [-0.2, 0) is 29.4 Å². The topological polar surface area (TPSA) is 127 Å². The van der Waals surface area contributed by atoms with E-state index in [1.54, 1.807) is 6.92 Å². The molecule has 0 bridgehead atoms. The Bertz CT molecular complexity index is 1230. The number of anilines is 1. The van der Waals surface area contributed by atoms with Gasteiger partial charge in [0.2, 0.25) is 19.9 Å². The molecule has 0 aliphatic rings. The van der Waals surface area contributed by atoms with Crippen LogP contribution in [0.1, 0.15) is 15.9 Å². The fourth-order valence-electron chi connectivity index (χ4n) is 2.45. The zero-order valence-electron chi connectivity index (χ0n) is 17.2. The number of nitrogens with one attached hydrogen (secondary N) is 1. The zero-order valence-corrected chi connectivity index (χ0v) is 18.8. The van der Waals surface area contributed by atoms with Crippen molar-refractivity contribution in [1.29, 1.82) is 0 Å². The zero-order chi connectivity index (χ0) is 24.3. The van der Waals surface area contributed by atoms with Crippen LogP contribution in [0.2, 0.25) is 0 Å². The van der Waals surface area contributed by atoms with Crippen LogP contribution >= 0.6 is 0 Å². The fourth-order valence-corrected chi connectivity index (χ4v) is 4.31. The minimum Gasteiger partial charge on any atom is -0.452 e. The van der Waals surface area contributed by atoms with Crippen LogP contribution in [0, 0.1) is 6.92 Å². The number of hydrogen-bond donors (Lipinski definition) is 1. The quantitative estimate of drug-likeness (QED) is 0.561. The maximum atomic E-state index is 12.5. The molecular formula is C19H20F2N2O7S2. The number of ether oxygens (including phenoxy) is 1. The van der Waals surface area contributed by atoms with Gasteiger partial charge in [-0.2, -0.15) is 8.78 Å². The SMILES string of the molecule is Cc1ccc(NC(=O)COC(=O)c2ccc(S(=O)(=O)C(F)F)cc2)cc1S(=O)(=O)N(C)C. The highest BCUT2D eigenvalue weighted by molar-refractivity contribution is 7.91. The molecule has 0 aliphatic heterocycles. The molecule has 2 rings (SSSR count). The molecule has 0 saturated carbocycles. The van der Waals surface area contributed by atoms with Gasteiger partial charge in [-0.15, -0.1) is 0 Å². The smallest absolute Gasteiger partial charge is 0.341 e. The van der Waals surface area contributed by atoms with Crippen molar-refractivity contribution in [2.24, 2.45) is 0 Å². The molecule has 2 aromatic rings. The maximum absolute atomic E-state index is 12.5. The summed E-state index contributed by atoms with van der Waals surface area (Å²) in [6.45, 7) is 0.876. The Morgan fingerprint density at radius 3 is 2.16 bits per heavy atom. The first kappa shape index (κ1) is 25.4. The van der Waals surface area contributed by atoms with Crippen LogP contribution in [0.5, 0.6) is 0 Å². The van der Waals surface area contributed by atoms with E-state index in [2.05, 4.69) is 5.32 Å². The van der Waals surface area contributed by atoms with Crippen molar-refractivity contribution < 1.29 is 39.9 Å². The average Bonchev–Trinajstić information content (AvgIpc) is 2.73. The van der Waals surface area contributed by atoms with Crippen LogP contribution in [0.3, 0.4) is 0 Å². The summed E-state index contributed by atoms with van der Waals surface area (Å²) in [5.41, 5.74) is 0.486. The van der Waals surface area contributed by atoms with Gasteiger partial charge in [-0.3, -0.25) is 4.79 Å². The van der Waals surface area contributed by atoms with Crippen molar-refractivity contribution >= 4 is 37.4 Å². The molecule has 0 unspecified atom stereocenters. The Morgan fingerprint density at radius 2 is 1.62 bits per heavy atom. The van der Waals surface area contributed by atoms with E-state index in [9.17, 15) is 35.2 Å². The molecule has 0 aromatic heterocycles. The third-order valence-electron chi connectivity index (χ3n) is 4.22. The monoisotopic (exact) mass is 490 g/mol. The number of hydrogen-bond acceptors (Lipinski definition) is 7. The van der Waals surface area contributed by atoms with Crippen LogP contribution in [-0.4, -0.2) is 59.5 Å². The molecular weight excluding hydrogens is 470 g/mol. The first-order chi connectivity index (χ1) is 14.8. The summed E-state index contributed by atoms with van der Waals surface area (Å²) in [6.07, 6.45) is 0. The fraction of sp³-hybridized carbons (Fsp3) is 0.263. The number of rotatable bonds is 8. The molecule has 0 atom stereocenters.